The fourth-order valence-electron chi connectivity index (χ4n) is 0. The van der Waals surface area contributed by atoms with Crippen LogP contribution in [0.1, 0.15) is 20.8 Å². The first kappa shape index (κ1) is 25.5. The molecule has 0 amide bonds. The Morgan fingerprint density at radius 3 is 0.857 bits per heavy atom. The Labute approximate surface area is 59.6 Å². The molecule has 0 aromatic rings. The van der Waals surface area contributed by atoms with Gasteiger partial charge < -0.3 is 9.41 Å². The van der Waals surface area contributed by atoms with Crippen LogP contribution in [-0.4, -0.2) is 23.1 Å². The first-order valence-electron chi connectivity index (χ1n) is 1.73. The number of hydrogen-bond acceptors (Lipinski definition) is 0. The first-order valence-corrected chi connectivity index (χ1v) is 1.73. The zero-order chi connectivity index (χ0) is 3.58. The van der Waals surface area contributed by atoms with Crippen LogP contribution in [0.5, 0.6) is 0 Å². The molecule has 0 fully saturated rings. The van der Waals surface area contributed by atoms with Gasteiger partial charge in [-0.05, 0) is 5.92 Å². The van der Waals surface area contributed by atoms with E-state index in [1.54, 1.807) is 0 Å². The molecule has 0 aliphatic carbocycles. The molecule has 0 N–H and O–H groups in total. The summed E-state index contributed by atoms with van der Waals surface area (Å²) in [5.74, 6) is 0.833. The van der Waals surface area contributed by atoms with E-state index in [0.717, 1.165) is 5.92 Å². The summed E-state index contributed by atoms with van der Waals surface area (Å²) in [5, 5.41) is 0. The van der Waals surface area contributed by atoms with Gasteiger partial charge in [-0.25, -0.2) is 0 Å². The molecule has 0 atom stereocenters. The van der Waals surface area contributed by atoms with Crippen LogP contribution in [-0.2, 0) is 0 Å². The van der Waals surface area contributed by atoms with E-state index in [2.05, 4.69) is 20.8 Å². The maximum absolute atomic E-state index is 2.17. The summed E-state index contributed by atoms with van der Waals surface area (Å²) in [6.45, 7) is 6.50. The van der Waals surface area contributed by atoms with Gasteiger partial charge in [-0.2, -0.15) is 0 Å². The van der Waals surface area contributed by atoms with E-state index in [9.17, 15) is 0 Å². The average Bonchev–Trinajstić information content (AvgIpc) is 0.811. The fraction of sp³-hybridized carbons (Fsp3) is 1.00. The van der Waals surface area contributed by atoms with Gasteiger partial charge in [-0.1, -0.05) is 20.8 Å². The van der Waals surface area contributed by atoms with E-state index in [-0.39, 0.29) is 32.5 Å². The van der Waals surface area contributed by atoms with Crippen molar-refractivity contribution in [1.82, 2.24) is 0 Å². The van der Waals surface area contributed by atoms with Crippen LogP contribution < -0.4 is 9.41 Å². The predicted molar refractivity (Wildman–Crippen MR) is 26.3 cm³/mol. The van der Waals surface area contributed by atoms with E-state index < -0.39 is 0 Å². The first-order chi connectivity index (χ1) is 1.73. The second-order valence-corrected chi connectivity index (χ2v) is 1.73. The minimum atomic E-state index is 0. The molecule has 0 aliphatic heterocycles. The molecule has 3 heteroatoms. The van der Waals surface area contributed by atoms with Gasteiger partial charge in [0, 0.05) is 0 Å². The molecule has 0 nitrogen and oxygen atoms in total. The minimum absolute atomic E-state index is 0. The van der Waals surface area contributed by atoms with Gasteiger partial charge in [0.15, 0.2) is 0 Å². The van der Waals surface area contributed by atoms with Crippen LogP contribution in [0.2, 0.25) is 0 Å². The van der Waals surface area contributed by atoms with Gasteiger partial charge in [-0.15, -0.1) is 0 Å². The summed E-state index contributed by atoms with van der Waals surface area (Å²) in [6, 6.07) is 0. The summed E-state index contributed by atoms with van der Waals surface area (Å²) >= 11 is 0. The van der Waals surface area contributed by atoms with Crippen molar-refractivity contribution in [3.05, 3.63) is 0 Å². The topological polar surface area (TPSA) is 0 Å². The Kier molecular flexibility index (Phi) is 58.0. The molecule has 0 spiro atoms. The van der Waals surface area contributed by atoms with Crippen molar-refractivity contribution in [2.45, 2.75) is 20.8 Å². The molecule has 0 aromatic carbocycles. The summed E-state index contributed by atoms with van der Waals surface area (Å²) in [4.78, 5) is 0. The van der Waals surface area contributed by atoms with Crippen molar-refractivity contribution in [2.75, 3.05) is 0 Å². The molecule has 0 saturated heterocycles. The molecule has 0 aliphatic rings. The third kappa shape index (κ3) is 362. The maximum atomic E-state index is 2.17. The zero-order valence-electron chi connectivity index (χ0n) is 5.04. The molecular formula is C4H10F2Mg. The van der Waals surface area contributed by atoms with Crippen LogP contribution >= 0.6 is 0 Å². The molecule has 0 saturated carbocycles. The second kappa shape index (κ2) is 16.0. The average molecular weight is 120 g/mol. The molecule has 42 valence electrons. The summed E-state index contributed by atoms with van der Waals surface area (Å²) in [6.07, 6.45) is 0. The zero-order valence-corrected chi connectivity index (χ0v) is 6.45. The van der Waals surface area contributed by atoms with E-state index in [1.165, 1.54) is 0 Å². The van der Waals surface area contributed by atoms with Crippen molar-refractivity contribution in [3.63, 3.8) is 0 Å². The maximum Gasteiger partial charge on any atom is 2.00 e. The van der Waals surface area contributed by atoms with Gasteiger partial charge in [0.1, 0.15) is 0 Å². The van der Waals surface area contributed by atoms with Crippen molar-refractivity contribution in [1.29, 1.82) is 0 Å². The predicted octanol–water partition coefficient (Wildman–Crippen LogP) is -4.71. The van der Waals surface area contributed by atoms with Crippen molar-refractivity contribution in [3.8, 4) is 0 Å². The monoisotopic (exact) mass is 120 g/mol. The molecule has 0 unspecified atom stereocenters. The fourth-order valence-corrected chi connectivity index (χ4v) is 0. The largest absolute Gasteiger partial charge is 2.00 e. The molecule has 0 aromatic heterocycles. The Morgan fingerprint density at radius 1 is 0.857 bits per heavy atom. The van der Waals surface area contributed by atoms with Crippen molar-refractivity contribution >= 4 is 23.1 Å². The molecule has 0 bridgehead atoms. The third-order valence-corrected chi connectivity index (χ3v) is 0. The van der Waals surface area contributed by atoms with Crippen LogP contribution in [0.4, 0.5) is 0 Å². The SMILES string of the molecule is CC(C)C.[F-].[F-].[Mg+2]. The quantitative estimate of drug-likeness (QED) is 0.282. The number of halogens is 2. The van der Waals surface area contributed by atoms with E-state index >= 15 is 0 Å². The number of rotatable bonds is 0. The van der Waals surface area contributed by atoms with Gasteiger partial charge >= 0.3 is 23.1 Å². The number of hydrogen-bond donors (Lipinski definition) is 0. The third-order valence-electron chi connectivity index (χ3n) is 0. The molecule has 7 heavy (non-hydrogen) atoms. The van der Waals surface area contributed by atoms with Gasteiger partial charge in [-0.3, -0.25) is 0 Å². The van der Waals surface area contributed by atoms with E-state index in [1.807, 2.05) is 0 Å². The Balaban J connectivity index is -0.0000000150. The van der Waals surface area contributed by atoms with E-state index in [0.29, 0.717) is 0 Å². The van der Waals surface area contributed by atoms with E-state index in [4.69, 9.17) is 0 Å². The van der Waals surface area contributed by atoms with Crippen LogP contribution in [0.3, 0.4) is 0 Å². The molecule has 0 rings (SSSR count). The van der Waals surface area contributed by atoms with Crippen LogP contribution in [0, 0.1) is 5.92 Å². The Morgan fingerprint density at radius 2 is 0.857 bits per heavy atom. The smallest absolute Gasteiger partial charge is 1.00 e. The molecule has 0 radical (unpaired) electrons. The van der Waals surface area contributed by atoms with Gasteiger partial charge in [0.2, 0.25) is 0 Å². The van der Waals surface area contributed by atoms with Gasteiger partial charge in [0.05, 0.1) is 0 Å². The molecule has 0 heterocycles. The standard InChI is InChI=1S/C4H10.2FH.Mg/c1-4(2)3;;;/h4H,1-3H3;2*1H;/q;;;+2/p-2. The van der Waals surface area contributed by atoms with Gasteiger partial charge in [0.25, 0.3) is 0 Å². The molecular weight excluding hydrogens is 110 g/mol. The van der Waals surface area contributed by atoms with Crippen LogP contribution in [0.25, 0.3) is 0 Å². The van der Waals surface area contributed by atoms with Crippen LogP contribution in [0.15, 0.2) is 0 Å². The van der Waals surface area contributed by atoms with Crippen molar-refractivity contribution < 1.29 is 9.41 Å². The normalized spacial score (nSPS) is 5.14. The Hall–Kier alpha value is 0.626. The summed E-state index contributed by atoms with van der Waals surface area (Å²) in [5.41, 5.74) is 0. The summed E-state index contributed by atoms with van der Waals surface area (Å²) in [7, 11) is 0. The Bertz CT molecular complexity index is 14.4. The second-order valence-electron chi connectivity index (χ2n) is 1.73. The van der Waals surface area contributed by atoms with Crippen molar-refractivity contribution in [2.24, 2.45) is 5.92 Å². The minimum Gasteiger partial charge on any atom is -1.00 e. The summed E-state index contributed by atoms with van der Waals surface area (Å²) < 4.78 is 0.